The Morgan fingerprint density at radius 3 is 1.71 bits per heavy atom. The summed E-state index contributed by atoms with van der Waals surface area (Å²) in [5.41, 5.74) is 15.3. The zero-order valence-electron chi connectivity index (χ0n) is 23.2. The van der Waals surface area contributed by atoms with Gasteiger partial charge >= 0.3 is 0 Å². The van der Waals surface area contributed by atoms with E-state index >= 15 is 0 Å². The highest BCUT2D eigenvalue weighted by molar-refractivity contribution is 6.00. The summed E-state index contributed by atoms with van der Waals surface area (Å²) in [5, 5.41) is 1.06. The third-order valence-corrected chi connectivity index (χ3v) is 9.19. The highest BCUT2D eigenvalue weighted by Gasteiger charge is 2.52. The highest BCUT2D eigenvalue weighted by Crippen LogP contribution is 2.63. The van der Waals surface area contributed by atoms with Gasteiger partial charge in [0.2, 0.25) is 0 Å². The van der Waals surface area contributed by atoms with Gasteiger partial charge in [-0.05, 0) is 57.5 Å². The fourth-order valence-electron chi connectivity index (χ4n) is 7.46. The van der Waals surface area contributed by atoms with Gasteiger partial charge in [0.15, 0.2) is 5.82 Å². The second-order valence-corrected chi connectivity index (χ2v) is 11.4. The van der Waals surface area contributed by atoms with Crippen molar-refractivity contribution in [1.82, 2.24) is 9.97 Å². The van der Waals surface area contributed by atoms with Crippen molar-refractivity contribution in [3.8, 4) is 44.9 Å². The van der Waals surface area contributed by atoms with E-state index in [9.17, 15) is 0 Å². The van der Waals surface area contributed by atoms with Crippen molar-refractivity contribution in [2.45, 2.75) is 12.3 Å². The molecule has 9 rings (SSSR count). The van der Waals surface area contributed by atoms with E-state index in [1.54, 1.807) is 0 Å². The molecule has 196 valence electrons. The van der Waals surface area contributed by atoms with E-state index in [0.717, 1.165) is 33.5 Å². The zero-order valence-corrected chi connectivity index (χ0v) is 23.2. The summed E-state index contributed by atoms with van der Waals surface area (Å²) in [5.74, 6) is 0.757. The molecule has 0 atom stereocenters. The lowest BCUT2D eigenvalue weighted by Gasteiger charge is -2.30. The summed E-state index contributed by atoms with van der Waals surface area (Å²) >= 11 is 0. The molecule has 6 aromatic carbocycles. The average molecular weight is 535 g/mol. The quantitative estimate of drug-likeness (QED) is 0.221. The Hall–Kier alpha value is -5.34. The van der Waals surface area contributed by atoms with E-state index in [1.165, 1.54) is 50.1 Å². The molecule has 1 aromatic heterocycles. The molecule has 2 aliphatic rings. The van der Waals surface area contributed by atoms with E-state index in [-0.39, 0.29) is 5.41 Å². The van der Waals surface area contributed by atoms with Gasteiger partial charge in [0, 0.05) is 16.5 Å². The molecule has 0 amide bonds. The van der Waals surface area contributed by atoms with Crippen LogP contribution in [0.2, 0.25) is 0 Å². The van der Waals surface area contributed by atoms with Gasteiger partial charge in [0.25, 0.3) is 0 Å². The normalized spacial score (nSPS) is 13.5. The maximum absolute atomic E-state index is 5.31. The summed E-state index contributed by atoms with van der Waals surface area (Å²) in [6.45, 7) is 2.12. The number of nitrogens with zero attached hydrogens (tertiary/aromatic N) is 2. The minimum Gasteiger partial charge on any atom is -0.228 e. The smallest absolute Gasteiger partial charge is 0.161 e. The third kappa shape index (κ3) is 2.99. The van der Waals surface area contributed by atoms with E-state index in [2.05, 4.69) is 146 Å². The molecule has 0 N–H and O–H groups in total. The van der Waals surface area contributed by atoms with Crippen molar-refractivity contribution in [3.05, 3.63) is 167 Å². The molecule has 0 bridgehead atoms. The van der Waals surface area contributed by atoms with Crippen LogP contribution in [-0.2, 0) is 5.41 Å². The van der Waals surface area contributed by atoms with E-state index < -0.39 is 0 Å². The molecule has 0 unspecified atom stereocenters. The molecule has 0 fully saturated rings. The Morgan fingerprint density at radius 2 is 1.00 bits per heavy atom. The molecular weight excluding hydrogens is 508 g/mol. The molecular formula is C40H26N2. The van der Waals surface area contributed by atoms with Crippen LogP contribution in [0.25, 0.3) is 55.8 Å². The van der Waals surface area contributed by atoms with Crippen LogP contribution in [0, 0.1) is 6.92 Å². The van der Waals surface area contributed by atoms with Crippen LogP contribution in [-0.4, -0.2) is 9.97 Å². The van der Waals surface area contributed by atoms with E-state index in [4.69, 9.17) is 9.97 Å². The first-order valence-corrected chi connectivity index (χ1v) is 14.5. The first-order valence-electron chi connectivity index (χ1n) is 14.5. The van der Waals surface area contributed by atoms with Crippen LogP contribution >= 0.6 is 0 Å². The van der Waals surface area contributed by atoms with Crippen molar-refractivity contribution in [3.63, 3.8) is 0 Å². The molecule has 1 heterocycles. The van der Waals surface area contributed by atoms with Gasteiger partial charge in [-0.15, -0.1) is 0 Å². The SMILES string of the molecule is Cc1ccc(-c2nc(-c3cccc4c3-c3ccccc3C43c4ccccc4-c4ccccc43)nc3ccccc23)cc1. The Balaban J connectivity index is 1.38. The van der Waals surface area contributed by atoms with Crippen LogP contribution in [0.15, 0.2) is 140 Å². The number of aromatic nitrogens is 2. The topological polar surface area (TPSA) is 25.8 Å². The lowest BCUT2D eigenvalue weighted by Crippen LogP contribution is -2.25. The summed E-state index contributed by atoms with van der Waals surface area (Å²) in [6, 6.07) is 50.5. The maximum atomic E-state index is 5.31. The van der Waals surface area contributed by atoms with Crippen molar-refractivity contribution in [2.75, 3.05) is 0 Å². The second kappa shape index (κ2) is 8.58. The lowest BCUT2D eigenvalue weighted by molar-refractivity contribution is 0.794. The third-order valence-electron chi connectivity index (χ3n) is 9.19. The van der Waals surface area contributed by atoms with Gasteiger partial charge in [0.05, 0.1) is 16.6 Å². The number of hydrogen-bond acceptors (Lipinski definition) is 2. The number of rotatable bonds is 2. The van der Waals surface area contributed by atoms with Crippen molar-refractivity contribution in [1.29, 1.82) is 0 Å². The van der Waals surface area contributed by atoms with Gasteiger partial charge in [0.1, 0.15) is 0 Å². The van der Waals surface area contributed by atoms with E-state index in [0.29, 0.717) is 0 Å². The number of aryl methyl sites for hydroxylation is 1. The van der Waals surface area contributed by atoms with Crippen LogP contribution in [0.5, 0.6) is 0 Å². The molecule has 2 heteroatoms. The van der Waals surface area contributed by atoms with Gasteiger partial charge in [-0.25, -0.2) is 9.97 Å². The molecule has 0 saturated carbocycles. The lowest BCUT2D eigenvalue weighted by atomic mass is 9.70. The number of fused-ring (bicyclic) bond motifs is 11. The zero-order chi connectivity index (χ0) is 27.8. The predicted molar refractivity (Wildman–Crippen MR) is 171 cm³/mol. The summed E-state index contributed by atoms with van der Waals surface area (Å²) in [6.07, 6.45) is 0. The second-order valence-electron chi connectivity index (χ2n) is 11.4. The molecule has 2 nitrogen and oxygen atoms in total. The largest absolute Gasteiger partial charge is 0.228 e. The highest BCUT2D eigenvalue weighted by atomic mass is 14.9. The molecule has 42 heavy (non-hydrogen) atoms. The van der Waals surface area contributed by atoms with Crippen LogP contribution < -0.4 is 0 Å². The minimum absolute atomic E-state index is 0.383. The molecule has 0 radical (unpaired) electrons. The van der Waals surface area contributed by atoms with Crippen LogP contribution in [0.3, 0.4) is 0 Å². The summed E-state index contributed by atoms with van der Waals surface area (Å²) in [7, 11) is 0. The van der Waals surface area contributed by atoms with Crippen molar-refractivity contribution in [2.24, 2.45) is 0 Å². The molecule has 2 aliphatic carbocycles. The Bertz CT molecular complexity index is 2160. The first kappa shape index (κ1) is 23.4. The summed E-state index contributed by atoms with van der Waals surface area (Å²) in [4.78, 5) is 10.5. The molecule has 0 aliphatic heterocycles. The number of hydrogen-bond donors (Lipinski definition) is 0. The van der Waals surface area contributed by atoms with Gasteiger partial charge in [-0.1, -0.05) is 139 Å². The number of para-hydroxylation sites is 1. The van der Waals surface area contributed by atoms with Crippen molar-refractivity contribution >= 4 is 10.9 Å². The monoisotopic (exact) mass is 534 g/mol. The van der Waals surface area contributed by atoms with E-state index in [1.807, 2.05) is 0 Å². The maximum Gasteiger partial charge on any atom is 0.161 e. The molecule has 7 aromatic rings. The molecule has 1 spiro atoms. The van der Waals surface area contributed by atoms with Crippen molar-refractivity contribution < 1.29 is 0 Å². The Labute approximate surface area is 245 Å². The van der Waals surface area contributed by atoms with Crippen LogP contribution in [0.1, 0.15) is 27.8 Å². The summed E-state index contributed by atoms with van der Waals surface area (Å²) < 4.78 is 0. The van der Waals surface area contributed by atoms with Gasteiger partial charge in [-0.2, -0.15) is 0 Å². The fraction of sp³-hybridized carbons (Fsp3) is 0.0500. The molecule has 0 saturated heterocycles. The Kier molecular flexibility index (Phi) is 4.77. The standard InChI is InChI=1S/C40H26N2/c1-25-21-23-26(24-22-25)38-30-14-5-9-20-36(30)41-39(42-38)31-15-10-19-35-37(31)29-13-4-8-18-34(29)40(35)32-16-6-2-11-27(32)28-12-3-7-17-33(28)40/h2-24H,1H3. The average Bonchev–Trinajstić information content (AvgIpc) is 3.52. The fourth-order valence-corrected chi connectivity index (χ4v) is 7.46. The first-order chi connectivity index (χ1) is 20.7. The Morgan fingerprint density at radius 1 is 0.452 bits per heavy atom. The van der Waals surface area contributed by atoms with Gasteiger partial charge < -0.3 is 0 Å². The predicted octanol–water partition coefficient (Wildman–Crippen LogP) is 9.62. The van der Waals surface area contributed by atoms with Crippen LogP contribution in [0.4, 0.5) is 0 Å². The minimum atomic E-state index is -0.383. The van der Waals surface area contributed by atoms with Gasteiger partial charge in [-0.3, -0.25) is 0 Å². The number of benzene rings is 6.